The van der Waals surface area contributed by atoms with Crippen molar-refractivity contribution in [1.29, 1.82) is 0 Å². The van der Waals surface area contributed by atoms with Crippen molar-refractivity contribution in [3.8, 4) is 0 Å². The Morgan fingerprint density at radius 3 is 1.43 bits per heavy atom. The number of unbranched alkanes of at least 4 members (excludes halogenated alkanes) is 16. The Morgan fingerprint density at radius 2 is 1.02 bits per heavy atom. The van der Waals surface area contributed by atoms with Crippen LogP contribution in [0.4, 0.5) is 0 Å². The molecule has 2 atom stereocenters. The summed E-state index contributed by atoms with van der Waals surface area (Å²) in [4.78, 5) is 39.3. The van der Waals surface area contributed by atoms with E-state index in [1.165, 1.54) is 77.0 Å². The van der Waals surface area contributed by atoms with E-state index in [0.29, 0.717) is 19.6 Å². The maximum atomic E-state index is 12.6. The number of nitrogens with two attached hydrogens (primary N) is 1. The molecule has 236 valence electrons. The molecule has 0 radical (unpaired) electrons. The van der Waals surface area contributed by atoms with E-state index in [0.717, 1.165) is 32.1 Å². The van der Waals surface area contributed by atoms with Crippen LogP contribution in [0.5, 0.6) is 0 Å². The lowest BCUT2D eigenvalue weighted by molar-refractivity contribution is -0.176. The maximum absolute atomic E-state index is 12.6. The smallest absolute Gasteiger partial charge is 0.306 e. The molecular formula is C32H62N2O6. The van der Waals surface area contributed by atoms with E-state index >= 15 is 0 Å². The van der Waals surface area contributed by atoms with Gasteiger partial charge in [0.25, 0.3) is 5.91 Å². The van der Waals surface area contributed by atoms with Crippen molar-refractivity contribution < 1.29 is 28.6 Å². The molecule has 8 nitrogen and oxygen atoms in total. The lowest BCUT2D eigenvalue weighted by Crippen LogP contribution is -2.47. The molecule has 0 bridgehead atoms. The molecule has 8 heteroatoms. The summed E-state index contributed by atoms with van der Waals surface area (Å²) in [6.07, 6.45) is 18.6. The van der Waals surface area contributed by atoms with E-state index in [9.17, 15) is 14.4 Å². The van der Waals surface area contributed by atoms with Gasteiger partial charge in [-0.2, -0.15) is 0 Å². The summed E-state index contributed by atoms with van der Waals surface area (Å²) in [5.74, 6) is -1.76. The van der Waals surface area contributed by atoms with Crippen molar-refractivity contribution in [2.45, 2.75) is 154 Å². The average Bonchev–Trinajstić information content (AvgIpc) is 2.91. The number of carbonyl (C=O) groups excluding carboxylic acids is 3. The number of hydrogen-bond donors (Lipinski definition) is 1. The Bertz CT molecular complexity index is 629. The monoisotopic (exact) mass is 570 g/mol. The third kappa shape index (κ3) is 24.2. The number of esters is 2. The number of primary amides is 1. The molecule has 1 amide bonds. The zero-order valence-corrected chi connectivity index (χ0v) is 26.4. The summed E-state index contributed by atoms with van der Waals surface area (Å²) >= 11 is 0. The molecule has 0 aromatic carbocycles. The molecule has 0 fully saturated rings. The van der Waals surface area contributed by atoms with Crippen LogP contribution in [0.2, 0.25) is 0 Å². The van der Waals surface area contributed by atoms with Gasteiger partial charge in [0, 0.05) is 19.4 Å². The van der Waals surface area contributed by atoms with Crippen LogP contribution in [-0.4, -0.2) is 68.8 Å². The van der Waals surface area contributed by atoms with Crippen molar-refractivity contribution in [2.75, 3.05) is 33.9 Å². The summed E-state index contributed by atoms with van der Waals surface area (Å²) in [6, 6.07) is 0. The molecule has 0 aliphatic carbocycles. The second-order valence-electron chi connectivity index (χ2n) is 11.4. The summed E-state index contributed by atoms with van der Waals surface area (Å²) < 4.78 is 16.7. The van der Waals surface area contributed by atoms with Crippen molar-refractivity contribution in [2.24, 2.45) is 5.73 Å². The van der Waals surface area contributed by atoms with Crippen LogP contribution in [0.3, 0.4) is 0 Å². The third-order valence-corrected chi connectivity index (χ3v) is 7.09. The lowest BCUT2D eigenvalue weighted by Gasteiger charge is -2.25. The quantitative estimate of drug-likeness (QED) is 0.0786. The van der Waals surface area contributed by atoms with Gasteiger partial charge in [-0.05, 0) is 26.9 Å². The Labute approximate surface area is 245 Å². The number of carbonyl (C=O) groups is 3. The molecule has 0 spiro atoms. The minimum atomic E-state index is -1.36. The van der Waals surface area contributed by atoms with Gasteiger partial charge in [0.15, 0.2) is 6.10 Å². The molecule has 0 aromatic heterocycles. The summed E-state index contributed by atoms with van der Waals surface area (Å²) in [6.45, 7) is 5.42. The number of ether oxygens (including phenoxy) is 3. The fraction of sp³-hybridized carbons (Fsp3) is 0.906. The molecule has 2 N–H and O–H groups in total. The highest BCUT2D eigenvalue weighted by atomic mass is 16.6. The van der Waals surface area contributed by atoms with Crippen LogP contribution in [-0.2, 0) is 28.6 Å². The molecule has 0 saturated carbocycles. The second kappa shape index (κ2) is 27.5. The number of likely N-dealkylation sites (N-methyl/N-ethyl adjacent to an activating group) is 1. The van der Waals surface area contributed by atoms with Gasteiger partial charge in [-0.15, -0.1) is 0 Å². The number of hydrogen-bond acceptors (Lipinski definition) is 7. The number of rotatable bonds is 29. The van der Waals surface area contributed by atoms with Gasteiger partial charge < -0.3 is 24.8 Å². The molecule has 0 saturated heterocycles. The van der Waals surface area contributed by atoms with Crippen molar-refractivity contribution >= 4 is 17.8 Å². The Balaban J connectivity index is 4.60. The highest BCUT2D eigenvalue weighted by Crippen LogP contribution is 2.15. The standard InChI is InChI=1S/C32H62N2O6/c1-5-7-9-11-13-15-17-19-21-23-29(35)39-28(27-38-26-25-34(3)4)31(32(33)37)40-30(36)24-22-20-18-16-14-12-10-8-6-2/h28,31H,5-27H2,1-4H3,(H2,33,37). The van der Waals surface area contributed by atoms with Crippen molar-refractivity contribution in [3.05, 3.63) is 0 Å². The number of nitrogens with zero attached hydrogens (tertiary/aromatic N) is 1. The van der Waals surface area contributed by atoms with Crippen LogP contribution in [0, 0.1) is 0 Å². The molecule has 0 aliphatic rings. The van der Waals surface area contributed by atoms with E-state index in [-0.39, 0.29) is 19.4 Å². The van der Waals surface area contributed by atoms with E-state index in [1.807, 2.05) is 19.0 Å². The van der Waals surface area contributed by atoms with Gasteiger partial charge >= 0.3 is 11.9 Å². The van der Waals surface area contributed by atoms with Crippen LogP contribution in [0.25, 0.3) is 0 Å². The molecule has 40 heavy (non-hydrogen) atoms. The first-order valence-corrected chi connectivity index (χ1v) is 16.2. The predicted molar refractivity (Wildman–Crippen MR) is 162 cm³/mol. The van der Waals surface area contributed by atoms with Crippen molar-refractivity contribution in [1.82, 2.24) is 4.90 Å². The Hall–Kier alpha value is -1.67. The van der Waals surface area contributed by atoms with Gasteiger partial charge in [-0.1, -0.05) is 117 Å². The van der Waals surface area contributed by atoms with Gasteiger partial charge in [-0.3, -0.25) is 14.4 Å². The second-order valence-corrected chi connectivity index (χ2v) is 11.4. The van der Waals surface area contributed by atoms with Gasteiger partial charge in [0.05, 0.1) is 13.2 Å². The molecule has 0 aromatic rings. The first-order valence-electron chi connectivity index (χ1n) is 16.2. The highest BCUT2D eigenvalue weighted by Gasteiger charge is 2.33. The van der Waals surface area contributed by atoms with Gasteiger partial charge in [-0.25, -0.2) is 0 Å². The SMILES string of the molecule is CCCCCCCCCCCC(=O)OC(COCCN(C)C)C(OC(=O)CCCCCCCCCCC)C(N)=O. The minimum absolute atomic E-state index is 0.0593. The average molecular weight is 571 g/mol. The summed E-state index contributed by atoms with van der Waals surface area (Å²) in [5, 5.41) is 0. The van der Waals surface area contributed by atoms with Crippen LogP contribution in [0.1, 0.15) is 142 Å². The molecular weight excluding hydrogens is 508 g/mol. The van der Waals surface area contributed by atoms with Crippen LogP contribution < -0.4 is 5.73 Å². The molecule has 0 rings (SSSR count). The third-order valence-electron chi connectivity index (χ3n) is 7.09. The van der Waals surface area contributed by atoms with Gasteiger partial charge in [0.2, 0.25) is 6.10 Å². The van der Waals surface area contributed by atoms with E-state index in [4.69, 9.17) is 19.9 Å². The first-order chi connectivity index (χ1) is 19.3. The van der Waals surface area contributed by atoms with Crippen molar-refractivity contribution in [3.63, 3.8) is 0 Å². The molecule has 0 heterocycles. The topological polar surface area (TPSA) is 108 Å². The minimum Gasteiger partial charge on any atom is -0.455 e. The maximum Gasteiger partial charge on any atom is 0.306 e. The fourth-order valence-corrected chi connectivity index (χ4v) is 4.54. The molecule has 2 unspecified atom stereocenters. The zero-order chi connectivity index (χ0) is 29.8. The Kier molecular flexibility index (Phi) is 26.3. The summed E-state index contributed by atoms with van der Waals surface area (Å²) in [5.41, 5.74) is 5.59. The highest BCUT2D eigenvalue weighted by molar-refractivity contribution is 5.83. The van der Waals surface area contributed by atoms with E-state index < -0.39 is 30.1 Å². The first kappa shape index (κ1) is 38.3. The van der Waals surface area contributed by atoms with E-state index in [2.05, 4.69) is 13.8 Å². The van der Waals surface area contributed by atoms with Gasteiger partial charge in [0.1, 0.15) is 0 Å². The summed E-state index contributed by atoms with van der Waals surface area (Å²) in [7, 11) is 3.85. The molecule has 0 aliphatic heterocycles. The lowest BCUT2D eigenvalue weighted by atomic mass is 10.1. The van der Waals surface area contributed by atoms with E-state index in [1.54, 1.807) is 0 Å². The van der Waals surface area contributed by atoms with Crippen LogP contribution in [0.15, 0.2) is 0 Å². The number of amides is 1. The largest absolute Gasteiger partial charge is 0.455 e. The van der Waals surface area contributed by atoms with Crippen LogP contribution >= 0.6 is 0 Å². The zero-order valence-electron chi connectivity index (χ0n) is 26.4. The predicted octanol–water partition coefficient (Wildman–Crippen LogP) is 6.72. The Morgan fingerprint density at radius 1 is 0.625 bits per heavy atom. The normalized spacial score (nSPS) is 12.8. The fourth-order valence-electron chi connectivity index (χ4n) is 4.54.